The van der Waals surface area contributed by atoms with Gasteiger partial charge in [-0.25, -0.2) is 4.98 Å². The van der Waals surface area contributed by atoms with Gasteiger partial charge < -0.3 is 4.90 Å². The van der Waals surface area contributed by atoms with E-state index in [1.165, 1.54) is 11.1 Å². The SMILES string of the molecule is Cc1cc(C)cc(-n2c(C)nc3nc(N4CCc5ccccc5C4)[nH]c(=O)c3c2=S)c1. The van der Waals surface area contributed by atoms with E-state index < -0.39 is 0 Å². The second-order valence-electron chi connectivity index (χ2n) is 8.17. The lowest BCUT2D eigenvalue weighted by atomic mass is 10.0. The Balaban J connectivity index is 1.64. The highest BCUT2D eigenvalue weighted by molar-refractivity contribution is 7.71. The van der Waals surface area contributed by atoms with Gasteiger partial charge in [0.1, 0.15) is 15.9 Å². The lowest BCUT2D eigenvalue weighted by Crippen LogP contribution is -2.33. The van der Waals surface area contributed by atoms with Crippen LogP contribution < -0.4 is 10.5 Å². The topological polar surface area (TPSA) is 66.8 Å². The summed E-state index contributed by atoms with van der Waals surface area (Å²) < 4.78 is 2.28. The van der Waals surface area contributed by atoms with Crippen molar-refractivity contribution in [1.29, 1.82) is 0 Å². The maximum absolute atomic E-state index is 13.1. The Morgan fingerprint density at radius 2 is 1.71 bits per heavy atom. The number of aryl methyl sites for hydroxylation is 3. The first kappa shape index (κ1) is 19.6. The third kappa shape index (κ3) is 3.45. The number of hydrogen-bond acceptors (Lipinski definition) is 5. The van der Waals surface area contributed by atoms with Crippen molar-refractivity contribution in [1.82, 2.24) is 19.5 Å². The van der Waals surface area contributed by atoms with Crippen LogP contribution in [0.4, 0.5) is 5.95 Å². The summed E-state index contributed by atoms with van der Waals surface area (Å²) in [6, 6.07) is 14.6. The van der Waals surface area contributed by atoms with E-state index in [9.17, 15) is 4.79 Å². The quantitative estimate of drug-likeness (QED) is 0.481. The standard InChI is InChI=1S/C24H23N5OS/c1-14-10-15(2)12-19(11-14)29-16(3)25-21-20(23(29)31)22(30)27-24(26-21)28-9-8-17-6-4-5-7-18(17)13-28/h4-7,10-12H,8-9,13H2,1-3H3,(H,26,27,30). The number of nitrogens with one attached hydrogen (secondary N) is 1. The Bertz CT molecular complexity index is 1430. The van der Waals surface area contributed by atoms with E-state index in [2.05, 4.69) is 39.1 Å². The van der Waals surface area contributed by atoms with Gasteiger partial charge in [-0.15, -0.1) is 0 Å². The molecule has 0 saturated heterocycles. The van der Waals surface area contributed by atoms with Gasteiger partial charge in [-0.05, 0) is 61.6 Å². The summed E-state index contributed by atoms with van der Waals surface area (Å²) in [5, 5.41) is 0.348. The number of rotatable bonds is 2. The summed E-state index contributed by atoms with van der Waals surface area (Å²) in [7, 11) is 0. The molecule has 0 atom stereocenters. The summed E-state index contributed by atoms with van der Waals surface area (Å²) in [5.74, 6) is 1.24. The third-order valence-corrected chi connectivity index (χ3v) is 6.18. The van der Waals surface area contributed by atoms with Gasteiger partial charge in [0, 0.05) is 18.8 Å². The molecular formula is C24H23N5OS. The highest BCUT2D eigenvalue weighted by Crippen LogP contribution is 2.23. The zero-order valence-corrected chi connectivity index (χ0v) is 18.6. The molecule has 7 heteroatoms. The largest absolute Gasteiger partial charge is 0.338 e. The van der Waals surface area contributed by atoms with Crippen molar-refractivity contribution >= 4 is 29.2 Å². The smallest absolute Gasteiger partial charge is 0.264 e. The Labute approximate surface area is 185 Å². The minimum atomic E-state index is -0.255. The maximum Gasteiger partial charge on any atom is 0.264 e. The van der Waals surface area contributed by atoms with Crippen molar-refractivity contribution in [3.8, 4) is 5.69 Å². The molecule has 0 bridgehead atoms. The first-order valence-electron chi connectivity index (χ1n) is 10.3. The highest BCUT2D eigenvalue weighted by atomic mass is 32.1. The number of fused-ring (bicyclic) bond motifs is 2. The molecule has 2 aromatic heterocycles. The zero-order valence-electron chi connectivity index (χ0n) is 17.8. The van der Waals surface area contributed by atoms with Crippen LogP contribution in [0, 0.1) is 25.4 Å². The molecule has 156 valence electrons. The summed E-state index contributed by atoms with van der Waals surface area (Å²) in [6.07, 6.45) is 0.915. The van der Waals surface area contributed by atoms with E-state index in [0.717, 1.165) is 29.8 Å². The molecule has 3 heterocycles. The van der Waals surface area contributed by atoms with E-state index in [0.29, 0.717) is 34.0 Å². The highest BCUT2D eigenvalue weighted by Gasteiger charge is 2.20. The number of nitrogens with zero attached hydrogens (tertiary/aromatic N) is 4. The van der Waals surface area contributed by atoms with Gasteiger partial charge in [-0.2, -0.15) is 4.98 Å². The lowest BCUT2D eigenvalue weighted by molar-refractivity contribution is 0.707. The van der Waals surface area contributed by atoms with Gasteiger partial charge in [0.15, 0.2) is 5.65 Å². The van der Waals surface area contributed by atoms with Crippen LogP contribution >= 0.6 is 12.2 Å². The van der Waals surface area contributed by atoms with Crippen LogP contribution in [0.3, 0.4) is 0 Å². The fourth-order valence-electron chi connectivity index (χ4n) is 4.40. The Hall–Kier alpha value is -3.32. The van der Waals surface area contributed by atoms with E-state index >= 15 is 0 Å². The molecule has 0 aliphatic carbocycles. The molecule has 0 amide bonds. The van der Waals surface area contributed by atoms with E-state index in [1.807, 2.05) is 43.5 Å². The van der Waals surface area contributed by atoms with Crippen LogP contribution in [0.25, 0.3) is 16.7 Å². The minimum Gasteiger partial charge on any atom is -0.338 e. The molecule has 1 aliphatic rings. The van der Waals surface area contributed by atoms with Crippen molar-refractivity contribution in [3.63, 3.8) is 0 Å². The van der Waals surface area contributed by atoms with Crippen LogP contribution in [-0.2, 0) is 13.0 Å². The average Bonchev–Trinajstić information content (AvgIpc) is 2.72. The fraction of sp³-hybridized carbons (Fsp3) is 0.250. The molecule has 0 fully saturated rings. The molecule has 0 spiro atoms. The van der Waals surface area contributed by atoms with Gasteiger partial charge in [-0.1, -0.05) is 42.5 Å². The number of hydrogen-bond donors (Lipinski definition) is 1. The molecule has 31 heavy (non-hydrogen) atoms. The van der Waals surface area contributed by atoms with Gasteiger partial charge >= 0.3 is 0 Å². The molecule has 0 unspecified atom stereocenters. The maximum atomic E-state index is 13.1. The van der Waals surface area contributed by atoms with Crippen LogP contribution in [0.1, 0.15) is 28.1 Å². The van der Waals surface area contributed by atoms with Crippen molar-refractivity contribution in [2.45, 2.75) is 33.7 Å². The Morgan fingerprint density at radius 1 is 1.00 bits per heavy atom. The van der Waals surface area contributed by atoms with Crippen LogP contribution in [0.15, 0.2) is 47.3 Å². The minimum absolute atomic E-state index is 0.255. The molecule has 0 saturated carbocycles. The van der Waals surface area contributed by atoms with Crippen LogP contribution in [-0.4, -0.2) is 26.1 Å². The first-order chi connectivity index (χ1) is 14.9. The molecule has 0 radical (unpaired) electrons. The van der Waals surface area contributed by atoms with E-state index in [1.54, 1.807) is 0 Å². The number of aromatic nitrogens is 4. The fourth-order valence-corrected chi connectivity index (χ4v) is 4.82. The summed E-state index contributed by atoms with van der Waals surface area (Å²) in [5.41, 5.74) is 5.90. The average molecular weight is 430 g/mol. The van der Waals surface area contributed by atoms with Crippen molar-refractivity contribution in [2.75, 3.05) is 11.4 Å². The Morgan fingerprint density at radius 3 is 2.45 bits per heavy atom. The summed E-state index contributed by atoms with van der Waals surface area (Å²) >= 11 is 5.74. The van der Waals surface area contributed by atoms with E-state index in [4.69, 9.17) is 17.2 Å². The second-order valence-corrected chi connectivity index (χ2v) is 8.56. The normalized spacial score (nSPS) is 13.5. The second kappa shape index (κ2) is 7.42. The first-order valence-corrected chi connectivity index (χ1v) is 10.8. The van der Waals surface area contributed by atoms with Crippen LogP contribution in [0.5, 0.6) is 0 Å². The van der Waals surface area contributed by atoms with Gasteiger partial charge in [0.25, 0.3) is 5.56 Å². The van der Waals surface area contributed by atoms with Crippen molar-refractivity contribution < 1.29 is 0 Å². The number of benzene rings is 2. The Kier molecular flexibility index (Phi) is 4.70. The van der Waals surface area contributed by atoms with Gasteiger partial charge in [-0.3, -0.25) is 14.3 Å². The molecule has 4 aromatic rings. The molecule has 2 aromatic carbocycles. The van der Waals surface area contributed by atoms with Crippen molar-refractivity contribution in [3.05, 3.63) is 85.5 Å². The molecule has 5 rings (SSSR count). The number of aromatic amines is 1. The molecular weight excluding hydrogens is 406 g/mol. The van der Waals surface area contributed by atoms with E-state index in [-0.39, 0.29) is 5.56 Å². The lowest BCUT2D eigenvalue weighted by Gasteiger charge is -2.29. The monoisotopic (exact) mass is 429 g/mol. The summed E-state index contributed by atoms with van der Waals surface area (Å²) in [4.78, 5) is 27.5. The van der Waals surface area contributed by atoms with Crippen molar-refractivity contribution in [2.24, 2.45) is 0 Å². The van der Waals surface area contributed by atoms with Crippen LogP contribution in [0.2, 0.25) is 0 Å². The van der Waals surface area contributed by atoms with Gasteiger partial charge in [0.05, 0.1) is 0 Å². The number of anilines is 1. The predicted octanol–water partition coefficient (Wildman–Crippen LogP) is 4.33. The number of H-pyrrole nitrogens is 1. The molecule has 1 N–H and O–H groups in total. The third-order valence-electron chi connectivity index (χ3n) is 5.79. The summed E-state index contributed by atoms with van der Waals surface area (Å²) in [6.45, 7) is 7.48. The molecule has 1 aliphatic heterocycles. The predicted molar refractivity (Wildman–Crippen MR) is 126 cm³/mol. The molecule has 6 nitrogen and oxygen atoms in total. The van der Waals surface area contributed by atoms with Gasteiger partial charge in [0.2, 0.25) is 5.95 Å². The zero-order chi connectivity index (χ0) is 21.7.